The van der Waals surface area contributed by atoms with Gasteiger partial charge in [0.05, 0.1) is 29.8 Å². The highest BCUT2D eigenvalue weighted by Gasteiger charge is 2.29. The molecule has 1 aliphatic heterocycles. The fraction of sp³-hybridized carbons (Fsp3) is 0.469. The van der Waals surface area contributed by atoms with E-state index in [0.717, 1.165) is 19.4 Å². The molecule has 1 saturated heterocycles. The first-order chi connectivity index (χ1) is 21.6. The summed E-state index contributed by atoms with van der Waals surface area (Å²) < 4.78 is 12.5. The zero-order valence-corrected chi connectivity index (χ0v) is 28.0. The van der Waals surface area contributed by atoms with Gasteiger partial charge in [0.2, 0.25) is 5.95 Å². The molecular weight excluding hydrogens is 617 g/mol. The number of hydrogen-bond donors (Lipinski definition) is 1. The van der Waals surface area contributed by atoms with Gasteiger partial charge in [0.15, 0.2) is 0 Å². The minimum absolute atomic E-state index is 0.113. The number of methoxy groups -OCH3 is 2. The molecule has 45 heavy (non-hydrogen) atoms. The lowest BCUT2D eigenvalue weighted by atomic mass is 10.0. The number of anilines is 1. The summed E-state index contributed by atoms with van der Waals surface area (Å²) in [6.07, 6.45) is 4.89. The highest BCUT2D eigenvalue weighted by atomic mass is 35.5. The smallest absolute Gasteiger partial charge is 0.264 e. The number of hydrogen-bond acceptors (Lipinski definition) is 9. The number of nitrogens with zero attached hydrogens (tertiary/aromatic N) is 6. The average molecular weight is 657 g/mol. The van der Waals surface area contributed by atoms with E-state index in [2.05, 4.69) is 33.2 Å². The van der Waals surface area contributed by atoms with Crippen molar-refractivity contribution in [3.63, 3.8) is 0 Å². The van der Waals surface area contributed by atoms with Crippen molar-refractivity contribution in [2.45, 2.75) is 46.2 Å². The zero-order valence-electron chi connectivity index (χ0n) is 26.5. The van der Waals surface area contributed by atoms with Crippen LogP contribution in [0.1, 0.15) is 33.6 Å². The van der Waals surface area contributed by atoms with Crippen LogP contribution in [0.5, 0.6) is 11.5 Å². The molecule has 1 amide bonds. The van der Waals surface area contributed by atoms with Gasteiger partial charge in [0.1, 0.15) is 28.8 Å². The van der Waals surface area contributed by atoms with E-state index in [0.29, 0.717) is 60.2 Å². The minimum atomic E-state index is -0.320. The van der Waals surface area contributed by atoms with Gasteiger partial charge in [0, 0.05) is 62.5 Å². The molecule has 1 fully saturated rings. The Morgan fingerprint density at radius 3 is 2.38 bits per heavy atom. The van der Waals surface area contributed by atoms with Crippen molar-refractivity contribution < 1.29 is 14.3 Å². The molecule has 1 aromatic carbocycles. The zero-order chi connectivity index (χ0) is 32.8. The SMILES string of the molecule is CCN(CCn1c(=O)c(-c2c(Cl)c(OC)cc(OC)c2Cl)cc2cnc(NC)nc21)C1CCN(C(=O)/C(C#N)=C\C(C)C)CC1. The number of nitriles is 1. The normalized spacial score (nSPS) is 14.2. The number of piperidine rings is 1. The van der Waals surface area contributed by atoms with Crippen molar-refractivity contribution >= 4 is 46.1 Å². The molecule has 0 unspecified atom stereocenters. The standard InChI is InChI=1S/C32H39Cl2N7O4/c1-7-39(22-8-10-40(11-9-22)30(42)20(17-35)14-19(2)3)12-13-41-29-21(18-37-32(36-4)38-29)15-23(31(41)43)26-27(33)24(44-5)16-25(45-6)28(26)34/h14-16,18-19,22H,7-13H2,1-6H3,(H,36,37,38)/b20-14-. The van der Waals surface area contributed by atoms with Gasteiger partial charge >= 0.3 is 0 Å². The van der Waals surface area contributed by atoms with Gasteiger partial charge in [-0.2, -0.15) is 10.2 Å². The third-order valence-electron chi connectivity index (χ3n) is 8.03. The van der Waals surface area contributed by atoms with Crippen LogP contribution in [0.15, 0.2) is 34.8 Å². The second kappa shape index (κ2) is 15.0. The summed E-state index contributed by atoms with van der Waals surface area (Å²) >= 11 is 13.5. The van der Waals surface area contributed by atoms with Crippen molar-refractivity contribution in [3.8, 4) is 28.7 Å². The van der Waals surface area contributed by atoms with E-state index >= 15 is 0 Å². The predicted molar refractivity (Wildman–Crippen MR) is 177 cm³/mol. The summed E-state index contributed by atoms with van der Waals surface area (Å²) in [7, 11) is 4.68. The van der Waals surface area contributed by atoms with Crippen LogP contribution in [0.25, 0.3) is 22.2 Å². The van der Waals surface area contributed by atoms with Crippen molar-refractivity contribution in [2.24, 2.45) is 5.92 Å². The lowest BCUT2D eigenvalue weighted by molar-refractivity contribution is -0.128. The molecule has 0 bridgehead atoms. The van der Waals surface area contributed by atoms with Crippen LogP contribution >= 0.6 is 23.2 Å². The van der Waals surface area contributed by atoms with Crippen LogP contribution in [0.4, 0.5) is 5.95 Å². The minimum Gasteiger partial charge on any atom is -0.495 e. The lowest BCUT2D eigenvalue weighted by Gasteiger charge is -2.38. The second-order valence-corrected chi connectivity index (χ2v) is 11.9. The molecule has 240 valence electrons. The number of ether oxygens (including phenoxy) is 2. The topological polar surface area (TPSA) is 126 Å². The van der Waals surface area contributed by atoms with Gasteiger partial charge in [0.25, 0.3) is 11.5 Å². The van der Waals surface area contributed by atoms with Gasteiger partial charge < -0.3 is 19.7 Å². The summed E-state index contributed by atoms with van der Waals surface area (Å²) in [5.41, 5.74) is 0.926. The molecule has 1 N–H and O–H groups in total. The Kier molecular flexibility index (Phi) is 11.3. The molecule has 0 radical (unpaired) electrons. The molecule has 11 nitrogen and oxygen atoms in total. The van der Waals surface area contributed by atoms with Gasteiger partial charge in [-0.1, -0.05) is 50.0 Å². The Hall–Kier alpha value is -3.85. The number of nitrogens with one attached hydrogen (secondary N) is 1. The Labute approximate surface area is 273 Å². The number of carbonyl (C=O) groups excluding carboxylic acids is 1. The maximum Gasteiger partial charge on any atom is 0.264 e. The number of fused-ring (bicyclic) bond motifs is 1. The van der Waals surface area contributed by atoms with E-state index in [-0.39, 0.29) is 44.6 Å². The largest absolute Gasteiger partial charge is 0.495 e. The van der Waals surface area contributed by atoms with Gasteiger partial charge in [-0.15, -0.1) is 0 Å². The number of allylic oxidation sites excluding steroid dienone is 1. The van der Waals surface area contributed by atoms with Crippen molar-refractivity contribution in [2.75, 3.05) is 52.8 Å². The lowest BCUT2D eigenvalue weighted by Crippen LogP contribution is -2.48. The number of pyridine rings is 1. The Morgan fingerprint density at radius 1 is 1.20 bits per heavy atom. The molecule has 3 heterocycles. The van der Waals surface area contributed by atoms with Crippen molar-refractivity contribution in [1.82, 2.24) is 24.3 Å². The molecule has 1 aliphatic rings. The molecule has 0 saturated carbocycles. The molecule has 13 heteroatoms. The highest BCUT2D eigenvalue weighted by molar-refractivity contribution is 6.41. The number of halogens is 2. The quantitative estimate of drug-likeness (QED) is 0.218. The summed E-state index contributed by atoms with van der Waals surface area (Å²) in [5.74, 6) is 0.931. The molecule has 0 spiro atoms. The average Bonchev–Trinajstić information content (AvgIpc) is 3.04. The first kappa shape index (κ1) is 34.0. The first-order valence-corrected chi connectivity index (χ1v) is 15.7. The molecule has 0 aliphatic carbocycles. The van der Waals surface area contributed by atoms with Crippen molar-refractivity contribution in [1.29, 1.82) is 5.26 Å². The fourth-order valence-corrected chi connectivity index (χ4v) is 6.41. The molecule has 2 aromatic heterocycles. The van der Waals surface area contributed by atoms with E-state index in [1.807, 2.05) is 13.8 Å². The van der Waals surface area contributed by atoms with E-state index in [9.17, 15) is 14.9 Å². The maximum atomic E-state index is 14.2. The Morgan fingerprint density at radius 2 is 1.84 bits per heavy atom. The number of carbonyl (C=O) groups is 1. The third-order valence-corrected chi connectivity index (χ3v) is 8.78. The number of amides is 1. The van der Waals surface area contributed by atoms with Crippen LogP contribution in [-0.4, -0.2) is 83.7 Å². The van der Waals surface area contributed by atoms with E-state index < -0.39 is 0 Å². The number of benzene rings is 1. The van der Waals surface area contributed by atoms with E-state index in [1.54, 1.807) is 40.9 Å². The van der Waals surface area contributed by atoms with Gasteiger partial charge in [-0.25, -0.2) is 4.98 Å². The maximum absolute atomic E-state index is 14.2. The summed E-state index contributed by atoms with van der Waals surface area (Å²) in [6.45, 7) is 8.74. The van der Waals surface area contributed by atoms with Gasteiger partial charge in [-0.05, 0) is 31.4 Å². The molecular formula is C32H39Cl2N7O4. The summed E-state index contributed by atoms with van der Waals surface area (Å²) in [5, 5.41) is 13.5. The van der Waals surface area contributed by atoms with E-state index in [4.69, 9.17) is 32.7 Å². The van der Waals surface area contributed by atoms with Gasteiger partial charge in [-0.3, -0.25) is 19.1 Å². The molecule has 0 atom stereocenters. The third kappa shape index (κ3) is 7.19. The summed E-state index contributed by atoms with van der Waals surface area (Å²) in [4.78, 5) is 40.2. The Bertz CT molecular complexity index is 1660. The van der Waals surface area contributed by atoms with Crippen molar-refractivity contribution in [3.05, 3.63) is 50.4 Å². The van der Waals surface area contributed by atoms with Crippen LogP contribution in [0.3, 0.4) is 0 Å². The predicted octanol–water partition coefficient (Wildman–Crippen LogP) is 5.24. The second-order valence-electron chi connectivity index (χ2n) is 11.1. The van der Waals surface area contributed by atoms with Crippen LogP contribution < -0.4 is 20.3 Å². The number of likely N-dealkylation sites (N-methyl/N-ethyl adjacent to an activating group) is 1. The number of likely N-dealkylation sites (tertiary alicyclic amines) is 1. The Balaban J connectivity index is 1.66. The van der Waals surface area contributed by atoms with Crippen LogP contribution in [0.2, 0.25) is 10.0 Å². The summed E-state index contributed by atoms with van der Waals surface area (Å²) in [6, 6.07) is 5.53. The number of aromatic nitrogens is 3. The molecule has 4 rings (SSSR count). The van der Waals surface area contributed by atoms with E-state index in [1.165, 1.54) is 14.2 Å². The monoisotopic (exact) mass is 655 g/mol. The molecule has 3 aromatic rings. The van der Waals surface area contributed by atoms with Crippen LogP contribution in [-0.2, 0) is 11.3 Å². The highest BCUT2D eigenvalue weighted by Crippen LogP contribution is 2.45. The first-order valence-electron chi connectivity index (χ1n) is 14.9. The van der Waals surface area contributed by atoms with Crippen LogP contribution in [0, 0.1) is 17.2 Å². The fourth-order valence-electron chi connectivity index (χ4n) is 5.71. The number of rotatable bonds is 11.